The Labute approximate surface area is 117 Å². The molecule has 1 aromatic carbocycles. The highest BCUT2D eigenvalue weighted by molar-refractivity contribution is 7.89. The lowest BCUT2D eigenvalue weighted by atomic mass is 10.1. The maximum atomic E-state index is 13.1. The van der Waals surface area contributed by atoms with Crippen molar-refractivity contribution in [2.24, 2.45) is 5.92 Å². The minimum atomic E-state index is -4.32. The quantitative estimate of drug-likeness (QED) is 0.809. The van der Waals surface area contributed by atoms with Gasteiger partial charge in [-0.2, -0.15) is 0 Å². The average molecular weight is 304 g/mol. The van der Waals surface area contributed by atoms with Gasteiger partial charge in [0.15, 0.2) is 0 Å². The third kappa shape index (κ3) is 3.99. The number of sulfonamides is 1. The number of hydrogen-bond donors (Lipinski definition) is 2. The molecule has 0 heterocycles. The van der Waals surface area contributed by atoms with Crippen molar-refractivity contribution < 1.29 is 22.8 Å². The van der Waals surface area contributed by atoms with Gasteiger partial charge < -0.3 is 0 Å². The van der Waals surface area contributed by atoms with Crippen molar-refractivity contribution in [1.29, 1.82) is 0 Å². The van der Waals surface area contributed by atoms with Gasteiger partial charge in [-0.05, 0) is 36.6 Å². The van der Waals surface area contributed by atoms with Crippen LogP contribution in [0.4, 0.5) is 4.39 Å². The Kier molecular flexibility index (Phi) is 5.21. The van der Waals surface area contributed by atoms with Gasteiger partial charge >= 0.3 is 0 Å². The average Bonchev–Trinajstić information content (AvgIpc) is 2.31. The van der Waals surface area contributed by atoms with Crippen LogP contribution in [0.2, 0.25) is 0 Å². The van der Waals surface area contributed by atoms with Gasteiger partial charge in [0.25, 0.3) is 10.0 Å². The fourth-order valence-corrected chi connectivity index (χ4v) is 2.45. The van der Waals surface area contributed by atoms with Crippen molar-refractivity contribution in [3.05, 3.63) is 29.6 Å². The molecule has 0 aromatic heterocycles. The van der Waals surface area contributed by atoms with E-state index in [9.17, 15) is 22.8 Å². The lowest BCUT2D eigenvalue weighted by molar-refractivity contribution is -0.136. The molecular weight excluding hydrogens is 287 g/mol. The maximum absolute atomic E-state index is 13.1. The van der Waals surface area contributed by atoms with E-state index in [2.05, 4.69) is 0 Å². The molecule has 2 N–H and O–H groups in total. The number of benzene rings is 1. The number of halogens is 1. The maximum Gasteiger partial charge on any atom is 0.283 e. The molecule has 0 aliphatic carbocycles. The van der Waals surface area contributed by atoms with Crippen molar-refractivity contribution in [3.63, 3.8) is 0 Å². The van der Waals surface area contributed by atoms with Crippen LogP contribution < -0.4 is 5.43 Å². The molecule has 0 spiro atoms. The zero-order valence-corrected chi connectivity index (χ0v) is 12.2. The van der Waals surface area contributed by atoms with E-state index >= 15 is 0 Å². The van der Waals surface area contributed by atoms with Crippen molar-refractivity contribution >= 4 is 15.9 Å². The van der Waals surface area contributed by atoms with Gasteiger partial charge in [0.2, 0.25) is 5.91 Å². The Morgan fingerprint density at radius 1 is 1.45 bits per heavy atom. The van der Waals surface area contributed by atoms with Gasteiger partial charge in [-0.1, -0.05) is 13.8 Å². The number of rotatable bonds is 5. The Hall–Kier alpha value is -1.51. The second-order valence-corrected chi connectivity index (χ2v) is 6.56. The first kappa shape index (κ1) is 16.5. The van der Waals surface area contributed by atoms with E-state index in [1.807, 2.05) is 5.43 Å². The lowest BCUT2D eigenvalue weighted by Gasteiger charge is -2.16. The van der Waals surface area contributed by atoms with E-state index in [4.69, 9.17) is 0 Å². The van der Waals surface area contributed by atoms with Crippen LogP contribution in [0.15, 0.2) is 23.1 Å². The van der Waals surface area contributed by atoms with Gasteiger partial charge in [-0.3, -0.25) is 15.4 Å². The van der Waals surface area contributed by atoms with Gasteiger partial charge in [0.1, 0.15) is 5.82 Å². The number of nitrogens with zero attached hydrogens (tertiary/aromatic N) is 1. The zero-order chi connectivity index (χ0) is 15.5. The SMILES string of the molecule is Cc1cc(S(=O)(=O)N(O)NC(=O)CC(C)C)ccc1F. The highest BCUT2D eigenvalue weighted by Gasteiger charge is 2.25. The predicted molar refractivity (Wildman–Crippen MR) is 69.5 cm³/mol. The minimum Gasteiger partial charge on any atom is -0.281 e. The summed E-state index contributed by atoms with van der Waals surface area (Å²) in [6, 6.07) is 3.06. The fraction of sp³-hybridized carbons (Fsp3) is 0.417. The molecule has 1 aromatic rings. The number of hydrazine groups is 1. The molecule has 112 valence electrons. The van der Waals surface area contributed by atoms with Crippen LogP contribution in [0.3, 0.4) is 0 Å². The van der Waals surface area contributed by atoms with E-state index in [0.29, 0.717) is 0 Å². The second kappa shape index (κ2) is 6.29. The van der Waals surface area contributed by atoms with Crippen molar-refractivity contribution in [3.8, 4) is 0 Å². The van der Waals surface area contributed by atoms with Crippen molar-refractivity contribution in [2.45, 2.75) is 32.1 Å². The zero-order valence-electron chi connectivity index (χ0n) is 11.4. The molecule has 6 nitrogen and oxygen atoms in total. The highest BCUT2D eigenvalue weighted by Crippen LogP contribution is 2.16. The van der Waals surface area contributed by atoms with Crippen LogP contribution in [0.1, 0.15) is 25.8 Å². The standard InChI is InChI=1S/C12H17FN2O4S/c1-8(2)6-12(16)14-15(17)20(18,19)10-4-5-11(13)9(3)7-10/h4-5,7-8,17H,6H2,1-3H3,(H,14,16). The Bertz CT molecular complexity index is 601. The second-order valence-electron chi connectivity index (χ2n) is 4.79. The minimum absolute atomic E-state index is 0.0131. The molecule has 0 aliphatic heterocycles. The van der Waals surface area contributed by atoms with Gasteiger partial charge in [0.05, 0.1) is 4.90 Å². The lowest BCUT2D eigenvalue weighted by Crippen LogP contribution is -2.44. The molecule has 0 fully saturated rings. The molecule has 0 atom stereocenters. The summed E-state index contributed by atoms with van der Waals surface area (Å²) in [6.45, 7) is 4.95. The Morgan fingerprint density at radius 3 is 2.55 bits per heavy atom. The molecule has 0 saturated carbocycles. The van der Waals surface area contributed by atoms with Crippen LogP contribution in [0, 0.1) is 18.7 Å². The van der Waals surface area contributed by atoms with E-state index in [0.717, 1.165) is 18.2 Å². The molecule has 0 unspecified atom stereocenters. The van der Waals surface area contributed by atoms with Crippen molar-refractivity contribution in [1.82, 2.24) is 10.0 Å². The van der Waals surface area contributed by atoms with Gasteiger partial charge in [-0.15, -0.1) is 0 Å². The van der Waals surface area contributed by atoms with E-state index < -0.39 is 21.7 Å². The van der Waals surface area contributed by atoms with Gasteiger partial charge in [0, 0.05) is 11.0 Å². The van der Waals surface area contributed by atoms with Crippen LogP contribution in [-0.2, 0) is 14.8 Å². The number of carbonyl (C=O) groups is 1. The van der Waals surface area contributed by atoms with Crippen LogP contribution >= 0.6 is 0 Å². The summed E-state index contributed by atoms with van der Waals surface area (Å²) in [7, 11) is -4.32. The first-order valence-electron chi connectivity index (χ1n) is 5.94. The molecule has 1 amide bonds. The van der Waals surface area contributed by atoms with E-state index in [1.165, 1.54) is 6.92 Å². The number of amides is 1. The summed E-state index contributed by atoms with van der Waals surface area (Å²) in [5.74, 6) is -1.18. The number of nitrogens with one attached hydrogen (secondary N) is 1. The van der Waals surface area contributed by atoms with Crippen LogP contribution in [0.25, 0.3) is 0 Å². The Morgan fingerprint density at radius 2 is 2.05 bits per heavy atom. The predicted octanol–water partition coefficient (Wildman–Crippen LogP) is 1.59. The molecule has 8 heteroatoms. The molecular formula is C12H17FN2O4S. The third-order valence-corrected chi connectivity index (χ3v) is 3.87. The fourth-order valence-electron chi connectivity index (χ4n) is 1.46. The monoisotopic (exact) mass is 304 g/mol. The largest absolute Gasteiger partial charge is 0.283 e. The Balaban J connectivity index is 2.92. The molecule has 20 heavy (non-hydrogen) atoms. The number of aryl methyl sites for hydroxylation is 1. The molecule has 0 bridgehead atoms. The summed E-state index contributed by atoms with van der Waals surface area (Å²) in [5, 5.41) is 9.49. The first-order chi connectivity index (χ1) is 9.14. The first-order valence-corrected chi connectivity index (χ1v) is 7.38. The van der Waals surface area contributed by atoms with E-state index in [-0.39, 0.29) is 27.4 Å². The normalized spacial score (nSPS) is 11.9. The smallest absolute Gasteiger partial charge is 0.281 e. The molecule has 1 rings (SSSR count). The number of hydrogen-bond acceptors (Lipinski definition) is 4. The number of carbonyl (C=O) groups excluding carboxylic acids is 1. The highest BCUT2D eigenvalue weighted by atomic mass is 32.2. The van der Waals surface area contributed by atoms with Gasteiger partial charge in [-0.25, -0.2) is 12.8 Å². The van der Waals surface area contributed by atoms with E-state index in [1.54, 1.807) is 13.8 Å². The third-order valence-electron chi connectivity index (χ3n) is 2.47. The summed E-state index contributed by atoms with van der Waals surface area (Å²) in [4.78, 5) is 11.1. The molecule has 0 radical (unpaired) electrons. The summed E-state index contributed by atoms with van der Waals surface area (Å²) >= 11 is 0. The molecule has 0 saturated heterocycles. The topological polar surface area (TPSA) is 86.7 Å². The summed E-state index contributed by atoms with van der Waals surface area (Å²) in [5.41, 5.74) is 1.97. The summed E-state index contributed by atoms with van der Waals surface area (Å²) < 4.78 is 36.8. The summed E-state index contributed by atoms with van der Waals surface area (Å²) in [6.07, 6.45) is 0.0645. The molecule has 0 aliphatic rings. The van der Waals surface area contributed by atoms with Crippen molar-refractivity contribution in [2.75, 3.05) is 0 Å². The van der Waals surface area contributed by atoms with Crippen LogP contribution in [-0.4, -0.2) is 24.1 Å². The van der Waals surface area contributed by atoms with Crippen LogP contribution in [0.5, 0.6) is 0 Å².